The van der Waals surface area contributed by atoms with Crippen molar-refractivity contribution in [3.8, 4) is 0 Å². The summed E-state index contributed by atoms with van der Waals surface area (Å²) < 4.78 is 0.373. The SMILES string of the molecule is CCC1C2CC[C@@](S)(CC)[C@@]12C. The van der Waals surface area contributed by atoms with E-state index < -0.39 is 0 Å². The summed E-state index contributed by atoms with van der Waals surface area (Å²) in [7, 11) is 0. The molecule has 0 aromatic heterocycles. The summed E-state index contributed by atoms with van der Waals surface area (Å²) in [6, 6.07) is 0. The summed E-state index contributed by atoms with van der Waals surface area (Å²) in [5, 5.41) is 0. The summed E-state index contributed by atoms with van der Waals surface area (Å²) in [4.78, 5) is 0. The van der Waals surface area contributed by atoms with Crippen molar-refractivity contribution in [2.75, 3.05) is 0 Å². The fourth-order valence-corrected chi connectivity index (χ4v) is 4.28. The average molecular weight is 184 g/mol. The van der Waals surface area contributed by atoms with Gasteiger partial charge in [0.2, 0.25) is 0 Å². The molecule has 4 atom stereocenters. The number of thiol groups is 1. The summed E-state index contributed by atoms with van der Waals surface area (Å²) >= 11 is 4.92. The molecule has 0 aromatic rings. The van der Waals surface area contributed by atoms with E-state index in [0.717, 1.165) is 11.8 Å². The minimum atomic E-state index is 0.373. The van der Waals surface area contributed by atoms with Gasteiger partial charge in [-0.05, 0) is 36.5 Å². The van der Waals surface area contributed by atoms with Crippen LogP contribution in [-0.2, 0) is 0 Å². The van der Waals surface area contributed by atoms with Gasteiger partial charge in [0.05, 0.1) is 0 Å². The fourth-order valence-electron chi connectivity index (χ4n) is 3.82. The van der Waals surface area contributed by atoms with Crippen LogP contribution in [0, 0.1) is 17.3 Å². The molecule has 0 bridgehead atoms. The van der Waals surface area contributed by atoms with E-state index >= 15 is 0 Å². The lowest BCUT2D eigenvalue weighted by Crippen LogP contribution is -2.30. The van der Waals surface area contributed by atoms with Crippen LogP contribution in [0.2, 0.25) is 0 Å². The van der Waals surface area contributed by atoms with Crippen LogP contribution in [-0.4, -0.2) is 4.75 Å². The van der Waals surface area contributed by atoms with Crippen molar-refractivity contribution in [3.63, 3.8) is 0 Å². The third-order valence-electron chi connectivity index (χ3n) is 4.81. The zero-order valence-electron chi connectivity index (χ0n) is 8.43. The molecular weight excluding hydrogens is 164 g/mol. The molecule has 2 aliphatic carbocycles. The highest BCUT2D eigenvalue weighted by Gasteiger charge is 2.71. The third kappa shape index (κ3) is 0.767. The highest BCUT2D eigenvalue weighted by Crippen LogP contribution is 2.75. The molecule has 0 heterocycles. The molecule has 2 aliphatic rings. The zero-order valence-corrected chi connectivity index (χ0v) is 9.32. The van der Waals surface area contributed by atoms with Gasteiger partial charge in [-0.2, -0.15) is 12.6 Å². The first-order valence-electron chi connectivity index (χ1n) is 5.32. The van der Waals surface area contributed by atoms with Gasteiger partial charge in [0.1, 0.15) is 0 Å². The van der Waals surface area contributed by atoms with Crippen molar-refractivity contribution in [2.45, 2.75) is 51.2 Å². The van der Waals surface area contributed by atoms with Gasteiger partial charge < -0.3 is 0 Å². The van der Waals surface area contributed by atoms with E-state index in [1.165, 1.54) is 25.7 Å². The fraction of sp³-hybridized carbons (Fsp3) is 1.00. The van der Waals surface area contributed by atoms with Crippen molar-refractivity contribution in [3.05, 3.63) is 0 Å². The van der Waals surface area contributed by atoms with E-state index in [4.69, 9.17) is 12.6 Å². The third-order valence-corrected chi connectivity index (χ3v) is 5.84. The molecule has 70 valence electrons. The Kier molecular flexibility index (Phi) is 1.81. The maximum atomic E-state index is 4.92. The molecule has 2 saturated carbocycles. The van der Waals surface area contributed by atoms with Crippen LogP contribution < -0.4 is 0 Å². The van der Waals surface area contributed by atoms with Crippen LogP contribution in [0.5, 0.6) is 0 Å². The Morgan fingerprint density at radius 2 is 2.08 bits per heavy atom. The molecule has 0 N–H and O–H groups in total. The van der Waals surface area contributed by atoms with Gasteiger partial charge in [0, 0.05) is 4.75 Å². The normalized spacial score (nSPS) is 57.0. The maximum Gasteiger partial charge on any atom is 0.0186 e. The number of hydrogen-bond acceptors (Lipinski definition) is 1. The summed E-state index contributed by atoms with van der Waals surface area (Å²) in [5.74, 6) is 2.00. The lowest BCUT2D eigenvalue weighted by Gasteiger charge is -2.32. The number of fused-ring (bicyclic) bond motifs is 1. The van der Waals surface area contributed by atoms with Crippen molar-refractivity contribution in [2.24, 2.45) is 17.3 Å². The Morgan fingerprint density at radius 3 is 2.50 bits per heavy atom. The Bertz CT molecular complexity index is 195. The molecular formula is C11H20S. The number of hydrogen-bond donors (Lipinski definition) is 1. The van der Waals surface area contributed by atoms with Gasteiger partial charge in [-0.3, -0.25) is 0 Å². The van der Waals surface area contributed by atoms with Gasteiger partial charge in [-0.25, -0.2) is 0 Å². The molecule has 0 saturated heterocycles. The van der Waals surface area contributed by atoms with Crippen LogP contribution in [0.15, 0.2) is 0 Å². The Balaban J connectivity index is 2.21. The average Bonchev–Trinajstić information content (AvgIpc) is 2.59. The highest BCUT2D eigenvalue weighted by molar-refractivity contribution is 7.81. The molecule has 0 spiro atoms. The van der Waals surface area contributed by atoms with Crippen LogP contribution in [0.1, 0.15) is 46.5 Å². The van der Waals surface area contributed by atoms with Crippen molar-refractivity contribution < 1.29 is 0 Å². The quantitative estimate of drug-likeness (QED) is 0.624. The van der Waals surface area contributed by atoms with E-state index in [9.17, 15) is 0 Å². The van der Waals surface area contributed by atoms with Gasteiger partial charge in [0.25, 0.3) is 0 Å². The molecule has 0 aromatic carbocycles. The molecule has 0 amide bonds. The van der Waals surface area contributed by atoms with Gasteiger partial charge >= 0.3 is 0 Å². The van der Waals surface area contributed by atoms with E-state index in [0.29, 0.717) is 10.2 Å². The van der Waals surface area contributed by atoms with Gasteiger partial charge in [0.15, 0.2) is 0 Å². The molecule has 2 unspecified atom stereocenters. The van der Waals surface area contributed by atoms with Crippen LogP contribution in [0.3, 0.4) is 0 Å². The summed E-state index contributed by atoms with van der Waals surface area (Å²) in [6.07, 6.45) is 5.40. The smallest absolute Gasteiger partial charge is 0.0186 e. The minimum absolute atomic E-state index is 0.373. The first-order valence-corrected chi connectivity index (χ1v) is 5.77. The topological polar surface area (TPSA) is 0 Å². The van der Waals surface area contributed by atoms with E-state index in [-0.39, 0.29) is 0 Å². The molecule has 0 radical (unpaired) electrons. The lowest BCUT2D eigenvalue weighted by atomic mass is 9.85. The van der Waals surface area contributed by atoms with Crippen LogP contribution >= 0.6 is 12.6 Å². The Morgan fingerprint density at radius 1 is 1.42 bits per heavy atom. The van der Waals surface area contributed by atoms with E-state index in [1.807, 2.05) is 0 Å². The Labute approximate surface area is 81.5 Å². The van der Waals surface area contributed by atoms with E-state index in [1.54, 1.807) is 0 Å². The largest absolute Gasteiger partial charge is 0.172 e. The van der Waals surface area contributed by atoms with Crippen molar-refractivity contribution in [1.29, 1.82) is 0 Å². The maximum absolute atomic E-state index is 4.92. The second kappa shape index (κ2) is 2.43. The highest BCUT2D eigenvalue weighted by atomic mass is 32.1. The van der Waals surface area contributed by atoms with Crippen LogP contribution in [0.4, 0.5) is 0 Å². The second-order valence-electron chi connectivity index (χ2n) is 4.83. The molecule has 2 fully saturated rings. The van der Waals surface area contributed by atoms with Gasteiger partial charge in [-0.15, -0.1) is 0 Å². The second-order valence-corrected chi connectivity index (χ2v) is 5.68. The monoisotopic (exact) mass is 184 g/mol. The van der Waals surface area contributed by atoms with Crippen LogP contribution in [0.25, 0.3) is 0 Å². The molecule has 0 nitrogen and oxygen atoms in total. The first-order chi connectivity index (χ1) is 5.60. The standard InChI is InChI=1S/C11H20S/c1-4-8-9-6-7-11(12,5-2)10(8,9)3/h8-9,12H,4-7H2,1-3H3/t8?,9?,10-,11-/m0/s1. The molecule has 0 aliphatic heterocycles. The molecule has 1 heteroatoms. The minimum Gasteiger partial charge on any atom is -0.172 e. The summed E-state index contributed by atoms with van der Waals surface area (Å²) in [5.41, 5.74) is 0.597. The predicted molar refractivity (Wildman–Crippen MR) is 56.6 cm³/mol. The predicted octanol–water partition coefficient (Wildman–Crippen LogP) is 3.52. The zero-order chi connectivity index (χ0) is 8.98. The lowest BCUT2D eigenvalue weighted by molar-refractivity contribution is 0.350. The molecule has 2 rings (SSSR count). The first kappa shape index (κ1) is 8.93. The Hall–Kier alpha value is 0.350. The summed E-state index contributed by atoms with van der Waals surface area (Å²) in [6.45, 7) is 7.10. The van der Waals surface area contributed by atoms with Crippen molar-refractivity contribution in [1.82, 2.24) is 0 Å². The number of rotatable bonds is 2. The van der Waals surface area contributed by atoms with Crippen molar-refractivity contribution >= 4 is 12.6 Å². The molecule has 12 heavy (non-hydrogen) atoms. The van der Waals surface area contributed by atoms with E-state index in [2.05, 4.69) is 20.8 Å². The van der Waals surface area contributed by atoms with Gasteiger partial charge in [-0.1, -0.05) is 27.2 Å².